The Bertz CT molecular complexity index is 423. The molecule has 0 spiro atoms. The molecule has 0 heterocycles. The van der Waals surface area contributed by atoms with Crippen LogP contribution in [-0.4, -0.2) is 0 Å². The van der Waals surface area contributed by atoms with Gasteiger partial charge in [-0.25, -0.2) is 4.39 Å². The standard InChI is InChI=1S/C15H20FN/c16-13-5-6-14-12(9-13)7-8-15(14,17)10-11-3-1-2-4-11/h5-6,9,11H,1-4,7-8,10,17H2. The Morgan fingerprint density at radius 2 is 2.06 bits per heavy atom. The second kappa shape index (κ2) is 4.09. The van der Waals surface area contributed by atoms with Gasteiger partial charge < -0.3 is 5.73 Å². The van der Waals surface area contributed by atoms with Gasteiger partial charge in [0.25, 0.3) is 0 Å². The average molecular weight is 233 g/mol. The number of aryl methyl sites for hydroxylation is 1. The topological polar surface area (TPSA) is 26.0 Å². The van der Waals surface area contributed by atoms with Crippen LogP contribution in [0.3, 0.4) is 0 Å². The maximum Gasteiger partial charge on any atom is 0.123 e. The summed E-state index contributed by atoms with van der Waals surface area (Å²) in [5.74, 6) is 0.657. The van der Waals surface area contributed by atoms with Gasteiger partial charge in [0.1, 0.15) is 5.82 Å². The first-order valence-electron chi connectivity index (χ1n) is 6.75. The highest BCUT2D eigenvalue weighted by atomic mass is 19.1. The van der Waals surface area contributed by atoms with E-state index in [2.05, 4.69) is 0 Å². The van der Waals surface area contributed by atoms with Gasteiger partial charge in [0, 0.05) is 5.54 Å². The lowest BCUT2D eigenvalue weighted by Gasteiger charge is -2.28. The molecule has 1 atom stereocenters. The van der Waals surface area contributed by atoms with Crippen LogP contribution in [0.1, 0.15) is 49.7 Å². The zero-order valence-electron chi connectivity index (χ0n) is 10.2. The Hall–Kier alpha value is -0.890. The van der Waals surface area contributed by atoms with Crippen molar-refractivity contribution in [2.75, 3.05) is 0 Å². The minimum absolute atomic E-state index is 0.131. The number of halogens is 1. The Balaban J connectivity index is 1.85. The van der Waals surface area contributed by atoms with Crippen molar-refractivity contribution < 1.29 is 4.39 Å². The molecule has 0 aromatic heterocycles. The molecule has 0 radical (unpaired) electrons. The summed E-state index contributed by atoms with van der Waals surface area (Å²) in [5.41, 5.74) is 8.73. The van der Waals surface area contributed by atoms with Crippen LogP contribution in [0, 0.1) is 11.7 Å². The van der Waals surface area contributed by atoms with Gasteiger partial charge >= 0.3 is 0 Å². The highest BCUT2D eigenvalue weighted by Gasteiger charge is 2.37. The summed E-state index contributed by atoms with van der Waals surface area (Å²) in [6, 6.07) is 5.13. The summed E-state index contributed by atoms with van der Waals surface area (Å²) in [5, 5.41) is 0. The fourth-order valence-corrected chi connectivity index (χ4v) is 3.69. The van der Waals surface area contributed by atoms with Gasteiger partial charge in [-0.15, -0.1) is 0 Å². The average Bonchev–Trinajstić information content (AvgIpc) is 2.88. The third kappa shape index (κ3) is 1.99. The van der Waals surface area contributed by atoms with Crippen molar-refractivity contribution >= 4 is 0 Å². The molecule has 92 valence electrons. The molecule has 2 heteroatoms. The van der Waals surface area contributed by atoms with E-state index in [0.29, 0.717) is 0 Å². The van der Waals surface area contributed by atoms with Crippen molar-refractivity contribution in [2.24, 2.45) is 11.7 Å². The predicted octanol–water partition coefficient (Wildman–Crippen LogP) is 3.51. The highest BCUT2D eigenvalue weighted by Crippen LogP contribution is 2.42. The van der Waals surface area contributed by atoms with Gasteiger partial charge in [-0.2, -0.15) is 0 Å². The Morgan fingerprint density at radius 3 is 2.82 bits per heavy atom. The Morgan fingerprint density at radius 1 is 1.29 bits per heavy atom. The van der Waals surface area contributed by atoms with Gasteiger partial charge in [0.05, 0.1) is 0 Å². The van der Waals surface area contributed by atoms with E-state index in [0.717, 1.165) is 30.7 Å². The van der Waals surface area contributed by atoms with Crippen LogP contribution in [0.2, 0.25) is 0 Å². The van der Waals surface area contributed by atoms with E-state index in [9.17, 15) is 4.39 Å². The lowest BCUT2D eigenvalue weighted by atomic mass is 9.83. The highest BCUT2D eigenvalue weighted by molar-refractivity contribution is 5.38. The van der Waals surface area contributed by atoms with Crippen LogP contribution in [0.15, 0.2) is 18.2 Å². The van der Waals surface area contributed by atoms with Gasteiger partial charge in [-0.05, 0) is 48.4 Å². The molecule has 2 aliphatic carbocycles. The fourth-order valence-electron chi connectivity index (χ4n) is 3.69. The number of nitrogens with two attached hydrogens (primary N) is 1. The van der Waals surface area contributed by atoms with E-state index in [1.54, 1.807) is 12.1 Å². The minimum Gasteiger partial charge on any atom is -0.321 e. The van der Waals surface area contributed by atoms with E-state index in [-0.39, 0.29) is 11.4 Å². The molecular formula is C15H20FN. The van der Waals surface area contributed by atoms with E-state index < -0.39 is 0 Å². The smallest absolute Gasteiger partial charge is 0.123 e. The third-order valence-electron chi connectivity index (χ3n) is 4.57. The Labute approximate surface area is 102 Å². The van der Waals surface area contributed by atoms with Crippen molar-refractivity contribution in [3.05, 3.63) is 35.1 Å². The van der Waals surface area contributed by atoms with Crippen molar-refractivity contribution in [3.8, 4) is 0 Å². The van der Waals surface area contributed by atoms with Crippen LogP contribution in [-0.2, 0) is 12.0 Å². The largest absolute Gasteiger partial charge is 0.321 e. The van der Waals surface area contributed by atoms with Crippen molar-refractivity contribution in [3.63, 3.8) is 0 Å². The van der Waals surface area contributed by atoms with Crippen LogP contribution >= 0.6 is 0 Å². The fraction of sp³-hybridized carbons (Fsp3) is 0.600. The molecule has 1 saturated carbocycles. The normalized spacial score (nSPS) is 28.6. The Kier molecular flexibility index (Phi) is 2.70. The number of fused-ring (bicyclic) bond motifs is 1. The van der Waals surface area contributed by atoms with Gasteiger partial charge in [-0.1, -0.05) is 31.7 Å². The van der Waals surface area contributed by atoms with Crippen LogP contribution in [0.25, 0.3) is 0 Å². The second-order valence-electron chi connectivity index (χ2n) is 5.81. The number of rotatable bonds is 2. The molecule has 1 unspecified atom stereocenters. The van der Waals surface area contributed by atoms with E-state index in [1.807, 2.05) is 6.07 Å². The van der Waals surface area contributed by atoms with Crippen LogP contribution in [0.4, 0.5) is 4.39 Å². The molecule has 0 amide bonds. The van der Waals surface area contributed by atoms with Gasteiger partial charge in [0.15, 0.2) is 0 Å². The van der Waals surface area contributed by atoms with Crippen molar-refractivity contribution in [1.29, 1.82) is 0 Å². The molecule has 17 heavy (non-hydrogen) atoms. The lowest BCUT2D eigenvalue weighted by molar-refractivity contribution is 0.323. The molecule has 1 aromatic carbocycles. The molecular weight excluding hydrogens is 213 g/mol. The zero-order valence-corrected chi connectivity index (χ0v) is 10.2. The molecule has 1 nitrogen and oxygen atoms in total. The summed E-state index contributed by atoms with van der Waals surface area (Å²) in [6.45, 7) is 0. The van der Waals surface area contributed by atoms with Crippen LogP contribution < -0.4 is 5.73 Å². The first kappa shape index (κ1) is 11.2. The maximum absolute atomic E-state index is 13.2. The molecule has 2 N–H and O–H groups in total. The molecule has 1 aromatic rings. The number of benzene rings is 1. The zero-order chi connectivity index (χ0) is 11.9. The lowest BCUT2D eigenvalue weighted by Crippen LogP contribution is -2.36. The first-order valence-corrected chi connectivity index (χ1v) is 6.75. The van der Waals surface area contributed by atoms with E-state index in [1.165, 1.54) is 31.2 Å². The monoisotopic (exact) mass is 233 g/mol. The van der Waals surface area contributed by atoms with Gasteiger partial charge in [0.2, 0.25) is 0 Å². The minimum atomic E-state index is -0.183. The maximum atomic E-state index is 13.2. The van der Waals surface area contributed by atoms with Crippen molar-refractivity contribution in [2.45, 2.75) is 50.5 Å². The summed E-state index contributed by atoms with van der Waals surface area (Å²) < 4.78 is 13.2. The quantitative estimate of drug-likeness (QED) is 0.831. The summed E-state index contributed by atoms with van der Waals surface area (Å²) in [7, 11) is 0. The summed E-state index contributed by atoms with van der Waals surface area (Å²) in [6.07, 6.45) is 8.39. The third-order valence-corrected chi connectivity index (χ3v) is 4.57. The van der Waals surface area contributed by atoms with E-state index >= 15 is 0 Å². The molecule has 0 bridgehead atoms. The molecule has 2 aliphatic rings. The summed E-state index contributed by atoms with van der Waals surface area (Å²) in [4.78, 5) is 0. The summed E-state index contributed by atoms with van der Waals surface area (Å²) >= 11 is 0. The molecule has 3 rings (SSSR count). The van der Waals surface area contributed by atoms with Gasteiger partial charge in [-0.3, -0.25) is 0 Å². The number of hydrogen-bond acceptors (Lipinski definition) is 1. The van der Waals surface area contributed by atoms with E-state index in [4.69, 9.17) is 5.73 Å². The second-order valence-corrected chi connectivity index (χ2v) is 5.81. The molecule has 0 saturated heterocycles. The molecule has 0 aliphatic heterocycles. The first-order chi connectivity index (χ1) is 8.17. The molecule has 1 fully saturated rings. The van der Waals surface area contributed by atoms with Crippen LogP contribution in [0.5, 0.6) is 0 Å². The predicted molar refractivity (Wildman–Crippen MR) is 67.2 cm³/mol. The van der Waals surface area contributed by atoms with Crippen molar-refractivity contribution in [1.82, 2.24) is 0 Å². The number of hydrogen-bond donors (Lipinski definition) is 1. The SMILES string of the molecule is NC1(CC2CCCC2)CCc2cc(F)ccc21.